The van der Waals surface area contributed by atoms with Gasteiger partial charge < -0.3 is 11.5 Å². The van der Waals surface area contributed by atoms with E-state index in [1.807, 2.05) is 21.6 Å². The molecule has 2 rings (SSSR count). The van der Waals surface area contributed by atoms with Crippen molar-refractivity contribution in [1.29, 1.82) is 0 Å². The predicted octanol–water partition coefficient (Wildman–Crippen LogP) is 4.29. The highest BCUT2D eigenvalue weighted by molar-refractivity contribution is 8.76. The van der Waals surface area contributed by atoms with Crippen LogP contribution in [0.4, 0.5) is 0 Å². The van der Waals surface area contributed by atoms with Gasteiger partial charge in [-0.2, -0.15) is 0 Å². The fraction of sp³-hybridized carbons (Fsp3) is 0.400. The van der Waals surface area contributed by atoms with Gasteiger partial charge in [-0.1, -0.05) is 82.3 Å². The number of hydrogen-bond donors (Lipinski definition) is 2. The molecule has 0 aromatic heterocycles. The van der Waals surface area contributed by atoms with Crippen molar-refractivity contribution in [2.75, 3.05) is 11.5 Å². The van der Waals surface area contributed by atoms with E-state index in [9.17, 15) is 0 Å². The summed E-state index contributed by atoms with van der Waals surface area (Å²) >= 11 is 0. The first-order chi connectivity index (χ1) is 11.7. The molecule has 0 fully saturated rings. The van der Waals surface area contributed by atoms with E-state index in [1.165, 1.54) is 11.1 Å². The lowest BCUT2D eigenvalue weighted by Crippen LogP contribution is -2.24. The van der Waals surface area contributed by atoms with Crippen molar-refractivity contribution in [3.05, 3.63) is 71.8 Å². The van der Waals surface area contributed by atoms with Crippen LogP contribution in [0.5, 0.6) is 0 Å². The lowest BCUT2D eigenvalue weighted by atomic mass is 10.1. The van der Waals surface area contributed by atoms with Gasteiger partial charge in [0.1, 0.15) is 0 Å². The van der Waals surface area contributed by atoms with E-state index >= 15 is 0 Å². The third kappa shape index (κ3) is 8.25. The van der Waals surface area contributed by atoms with Gasteiger partial charge in [-0.15, -0.1) is 0 Å². The second-order valence-electron chi connectivity index (χ2n) is 6.14. The molecule has 0 saturated carbocycles. The number of aryl methyl sites for hydroxylation is 2. The average Bonchev–Trinajstić information content (AvgIpc) is 2.63. The second-order valence-corrected chi connectivity index (χ2v) is 8.69. The molecular weight excluding hydrogens is 332 g/mol. The minimum atomic E-state index is 0.253. The summed E-state index contributed by atoms with van der Waals surface area (Å²) in [6.07, 6.45) is 4.20. The van der Waals surface area contributed by atoms with E-state index in [2.05, 4.69) is 60.7 Å². The summed E-state index contributed by atoms with van der Waals surface area (Å²) in [5, 5.41) is 0. The maximum absolute atomic E-state index is 6.21. The van der Waals surface area contributed by atoms with Crippen LogP contribution in [0.15, 0.2) is 60.7 Å². The van der Waals surface area contributed by atoms with E-state index in [0.29, 0.717) is 0 Å². The fourth-order valence-corrected chi connectivity index (χ4v) is 4.93. The van der Waals surface area contributed by atoms with Gasteiger partial charge in [-0.05, 0) is 36.8 Å². The highest BCUT2D eigenvalue weighted by atomic mass is 33.1. The van der Waals surface area contributed by atoms with Crippen LogP contribution in [0.3, 0.4) is 0 Å². The van der Waals surface area contributed by atoms with Crippen LogP contribution < -0.4 is 11.5 Å². The molecule has 0 aliphatic rings. The molecule has 0 heterocycles. The molecule has 0 unspecified atom stereocenters. The molecule has 24 heavy (non-hydrogen) atoms. The van der Waals surface area contributed by atoms with Crippen molar-refractivity contribution in [3.63, 3.8) is 0 Å². The molecule has 2 atom stereocenters. The molecule has 130 valence electrons. The van der Waals surface area contributed by atoms with E-state index < -0.39 is 0 Å². The first-order valence-electron chi connectivity index (χ1n) is 8.57. The maximum atomic E-state index is 6.21. The zero-order valence-electron chi connectivity index (χ0n) is 14.1. The van der Waals surface area contributed by atoms with Crippen LogP contribution in [0.2, 0.25) is 0 Å². The third-order valence-electron chi connectivity index (χ3n) is 3.94. The third-order valence-corrected chi connectivity index (χ3v) is 6.55. The Bertz CT molecular complexity index is 497. The Morgan fingerprint density at radius 2 is 1.00 bits per heavy atom. The van der Waals surface area contributed by atoms with Crippen LogP contribution in [0.1, 0.15) is 24.0 Å². The SMILES string of the molecule is N[C@@H](CCc1ccccc1)CSSC[C@@H](N)CCc1ccccc1. The summed E-state index contributed by atoms with van der Waals surface area (Å²) in [6.45, 7) is 0. The standard InChI is InChI=1S/C20H28N2S2/c21-19(13-11-17-7-3-1-4-8-17)15-23-24-16-20(22)14-12-18-9-5-2-6-10-18/h1-10,19-20H,11-16,21-22H2/t19-,20-/m0/s1. The van der Waals surface area contributed by atoms with Crippen LogP contribution >= 0.6 is 21.6 Å². The fourth-order valence-electron chi connectivity index (χ4n) is 2.43. The molecule has 0 amide bonds. The predicted molar refractivity (Wildman–Crippen MR) is 110 cm³/mol. The Morgan fingerprint density at radius 3 is 1.38 bits per heavy atom. The van der Waals surface area contributed by atoms with Gasteiger partial charge in [0, 0.05) is 23.6 Å². The quantitative estimate of drug-likeness (QED) is 0.464. The molecule has 2 aromatic rings. The summed E-state index contributed by atoms with van der Waals surface area (Å²) in [5.41, 5.74) is 15.2. The Hall–Kier alpha value is -0.940. The summed E-state index contributed by atoms with van der Waals surface area (Å²) in [4.78, 5) is 0. The average molecular weight is 361 g/mol. The number of benzene rings is 2. The van der Waals surface area contributed by atoms with E-state index in [-0.39, 0.29) is 12.1 Å². The number of hydrogen-bond acceptors (Lipinski definition) is 4. The largest absolute Gasteiger partial charge is 0.327 e. The summed E-state index contributed by atoms with van der Waals surface area (Å²) in [6, 6.07) is 21.6. The molecule has 0 aliphatic carbocycles. The van der Waals surface area contributed by atoms with Gasteiger partial charge in [0.25, 0.3) is 0 Å². The van der Waals surface area contributed by atoms with Crippen molar-refractivity contribution in [2.45, 2.75) is 37.8 Å². The van der Waals surface area contributed by atoms with Gasteiger partial charge in [0.05, 0.1) is 0 Å². The van der Waals surface area contributed by atoms with Crippen molar-refractivity contribution >= 4 is 21.6 Å². The minimum Gasteiger partial charge on any atom is -0.327 e. The lowest BCUT2D eigenvalue weighted by molar-refractivity contribution is 0.673. The van der Waals surface area contributed by atoms with Crippen molar-refractivity contribution < 1.29 is 0 Å². The topological polar surface area (TPSA) is 52.0 Å². The number of rotatable bonds is 11. The van der Waals surface area contributed by atoms with Crippen molar-refractivity contribution in [3.8, 4) is 0 Å². The molecule has 0 aliphatic heterocycles. The zero-order chi connectivity index (χ0) is 17.0. The normalized spacial score (nSPS) is 13.6. The summed E-state index contributed by atoms with van der Waals surface area (Å²) in [7, 11) is 3.72. The van der Waals surface area contributed by atoms with Crippen LogP contribution in [0.25, 0.3) is 0 Å². The molecule has 0 saturated heterocycles. The van der Waals surface area contributed by atoms with Crippen molar-refractivity contribution in [1.82, 2.24) is 0 Å². The molecule has 0 radical (unpaired) electrons. The minimum absolute atomic E-state index is 0.253. The highest BCUT2D eigenvalue weighted by Gasteiger charge is 2.07. The molecule has 4 N–H and O–H groups in total. The smallest absolute Gasteiger partial charge is 0.0189 e. The van der Waals surface area contributed by atoms with E-state index in [1.54, 1.807) is 0 Å². The lowest BCUT2D eigenvalue weighted by Gasteiger charge is -2.13. The molecule has 0 spiro atoms. The Labute approximate surface area is 154 Å². The van der Waals surface area contributed by atoms with Gasteiger partial charge in [0.15, 0.2) is 0 Å². The summed E-state index contributed by atoms with van der Waals surface area (Å²) < 4.78 is 0. The molecule has 2 aromatic carbocycles. The second kappa shape index (κ2) is 11.6. The molecule has 0 bridgehead atoms. The zero-order valence-corrected chi connectivity index (χ0v) is 15.8. The van der Waals surface area contributed by atoms with Crippen LogP contribution in [0, 0.1) is 0 Å². The van der Waals surface area contributed by atoms with Crippen LogP contribution in [-0.2, 0) is 12.8 Å². The monoisotopic (exact) mass is 360 g/mol. The van der Waals surface area contributed by atoms with Crippen LogP contribution in [-0.4, -0.2) is 23.6 Å². The van der Waals surface area contributed by atoms with Gasteiger partial charge in [-0.3, -0.25) is 0 Å². The maximum Gasteiger partial charge on any atom is 0.0189 e. The number of nitrogens with two attached hydrogens (primary N) is 2. The van der Waals surface area contributed by atoms with E-state index in [0.717, 1.165) is 37.2 Å². The highest BCUT2D eigenvalue weighted by Crippen LogP contribution is 2.24. The molecule has 2 nitrogen and oxygen atoms in total. The van der Waals surface area contributed by atoms with E-state index in [4.69, 9.17) is 11.5 Å². The molecule has 4 heteroatoms. The molecular formula is C20H28N2S2. The Kier molecular flexibility index (Phi) is 9.36. The van der Waals surface area contributed by atoms with Gasteiger partial charge in [-0.25, -0.2) is 0 Å². The first kappa shape index (κ1) is 19.4. The Morgan fingerprint density at radius 1 is 0.625 bits per heavy atom. The van der Waals surface area contributed by atoms with Crippen molar-refractivity contribution in [2.24, 2.45) is 11.5 Å². The van der Waals surface area contributed by atoms with Gasteiger partial charge >= 0.3 is 0 Å². The summed E-state index contributed by atoms with van der Waals surface area (Å²) in [5.74, 6) is 1.98. The van der Waals surface area contributed by atoms with Gasteiger partial charge in [0.2, 0.25) is 0 Å². The first-order valence-corrected chi connectivity index (χ1v) is 11.1. The Balaban J connectivity index is 1.50.